The van der Waals surface area contributed by atoms with Gasteiger partial charge >= 0.3 is 0 Å². The van der Waals surface area contributed by atoms with Gasteiger partial charge in [0.25, 0.3) is 0 Å². The van der Waals surface area contributed by atoms with Crippen LogP contribution in [0.3, 0.4) is 0 Å². The van der Waals surface area contributed by atoms with Gasteiger partial charge in [0.2, 0.25) is 0 Å². The third-order valence-corrected chi connectivity index (χ3v) is 2.48. The van der Waals surface area contributed by atoms with Gasteiger partial charge in [-0.2, -0.15) is 0 Å². The molecule has 1 aromatic rings. The zero-order valence-electron chi connectivity index (χ0n) is 8.27. The summed E-state index contributed by atoms with van der Waals surface area (Å²) in [7, 11) is 0. The van der Waals surface area contributed by atoms with Crippen molar-refractivity contribution in [1.29, 1.82) is 5.41 Å². The van der Waals surface area contributed by atoms with Gasteiger partial charge in [0.05, 0.1) is 12.5 Å². The molecule has 2 heterocycles. The Balaban J connectivity index is 2.06. The molecule has 1 aliphatic heterocycles. The van der Waals surface area contributed by atoms with Crippen molar-refractivity contribution in [2.75, 3.05) is 24.7 Å². The highest BCUT2D eigenvalue weighted by molar-refractivity contribution is 5.77. The number of pyridine rings is 1. The summed E-state index contributed by atoms with van der Waals surface area (Å²) in [6.07, 6.45) is 3.60. The van der Waals surface area contributed by atoms with E-state index in [0.717, 1.165) is 19.8 Å². The van der Waals surface area contributed by atoms with E-state index in [9.17, 15) is 0 Å². The fraction of sp³-hybridized carbons (Fsp3) is 0.400. The molecule has 4 nitrogen and oxygen atoms in total. The Labute approximate surface area is 83.7 Å². The Hall–Kier alpha value is -1.58. The van der Waals surface area contributed by atoms with Crippen molar-refractivity contribution in [3.05, 3.63) is 24.5 Å². The highest BCUT2D eigenvalue weighted by Crippen LogP contribution is 2.16. The lowest BCUT2D eigenvalue weighted by Crippen LogP contribution is -2.28. The third kappa shape index (κ3) is 1.69. The van der Waals surface area contributed by atoms with Gasteiger partial charge in [-0.1, -0.05) is 0 Å². The van der Waals surface area contributed by atoms with Gasteiger partial charge < -0.3 is 9.80 Å². The number of hydrogen-bond acceptors (Lipinski definition) is 3. The Kier molecular flexibility index (Phi) is 2.35. The zero-order valence-corrected chi connectivity index (χ0v) is 8.27. The molecule has 1 saturated heterocycles. The molecule has 0 bridgehead atoms. The van der Waals surface area contributed by atoms with Crippen LogP contribution in [0.4, 0.5) is 5.69 Å². The highest BCUT2D eigenvalue weighted by atomic mass is 15.4. The van der Waals surface area contributed by atoms with Crippen molar-refractivity contribution in [1.82, 2.24) is 9.88 Å². The summed E-state index contributed by atoms with van der Waals surface area (Å²) in [5.74, 6) is 0.640. The maximum absolute atomic E-state index is 7.53. The number of aromatic nitrogens is 1. The first-order valence-corrected chi connectivity index (χ1v) is 4.72. The van der Waals surface area contributed by atoms with E-state index < -0.39 is 0 Å². The molecular formula is C10H14N4. The number of anilines is 1. The number of hydrogen-bond donors (Lipinski definition) is 1. The maximum atomic E-state index is 7.53. The maximum Gasteiger partial charge on any atom is 0.0940 e. The van der Waals surface area contributed by atoms with E-state index in [4.69, 9.17) is 5.41 Å². The average Bonchev–Trinajstić information content (AvgIpc) is 2.68. The molecule has 0 spiro atoms. The summed E-state index contributed by atoms with van der Waals surface area (Å²) in [6.45, 7) is 4.58. The normalized spacial score (nSPS) is 16.1. The van der Waals surface area contributed by atoms with Crippen LogP contribution in [0.1, 0.15) is 6.92 Å². The van der Waals surface area contributed by atoms with E-state index in [1.165, 1.54) is 5.69 Å². The molecule has 4 heteroatoms. The van der Waals surface area contributed by atoms with Gasteiger partial charge in [0.15, 0.2) is 0 Å². The molecule has 1 N–H and O–H groups in total. The van der Waals surface area contributed by atoms with Crippen LogP contribution < -0.4 is 4.90 Å². The summed E-state index contributed by atoms with van der Waals surface area (Å²) in [4.78, 5) is 8.29. The summed E-state index contributed by atoms with van der Waals surface area (Å²) in [6, 6.07) is 4.01. The molecule has 14 heavy (non-hydrogen) atoms. The molecule has 1 aromatic heterocycles. The molecular weight excluding hydrogens is 176 g/mol. The van der Waals surface area contributed by atoms with Crippen LogP contribution >= 0.6 is 0 Å². The predicted molar refractivity (Wildman–Crippen MR) is 56.6 cm³/mol. The molecule has 0 radical (unpaired) electrons. The summed E-state index contributed by atoms with van der Waals surface area (Å²) in [5, 5.41) is 7.53. The standard InChI is InChI=1S/C10H14N4/c1-9(11)13-6-7-14(8-13)10-2-4-12-5-3-10/h2-5,11H,6-8H2,1H3. The van der Waals surface area contributed by atoms with Crippen LogP contribution in [-0.2, 0) is 0 Å². The van der Waals surface area contributed by atoms with E-state index in [1.807, 2.05) is 19.1 Å². The van der Waals surface area contributed by atoms with Gasteiger partial charge in [0, 0.05) is 31.2 Å². The minimum Gasteiger partial charge on any atom is -0.352 e. The van der Waals surface area contributed by atoms with Gasteiger partial charge in [-0.25, -0.2) is 0 Å². The van der Waals surface area contributed by atoms with E-state index in [-0.39, 0.29) is 0 Å². The number of amidine groups is 1. The summed E-state index contributed by atoms with van der Waals surface area (Å²) < 4.78 is 0. The molecule has 1 fully saturated rings. The van der Waals surface area contributed by atoms with Crippen LogP contribution in [0.2, 0.25) is 0 Å². The smallest absolute Gasteiger partial charge is 0.0940 e. The Morgan fingerprint density at radius 2 is 2.07 bits per heavy atom. The fourth-order valence-electron chi connectivity index (χ4n) is 1.63. The van der Waals surface area contributed by atoms with Gasteiger partial charge in [0.1, 0.15) is 0 Å². The van der Waals surface area contributed by atoms with E-state index in [2.05, 4.69) is 14.8 Å². The summed E-state index contributed by atoms with van der Waals surface area (Å²) >= 11 is 0. The quantitative estimate of drug-likeness (QED) is 0.534. The second-order valence-electron chi connectivity index (χ2n) is 3.46. The van der Waals surface area contributed by atoms with Crippen molar-refractivity contribution in [3.8, 4) is 0 Å². The van der Waals surface area contributed by atoms with Crippen molar-refractivity contribution in [2.24, 2.45) is 0 Å². The molecule has 74 valence electrons. The largest absolute Gasteiger partial charge is 0.352 e. The predicted octanol–water partition coefficient (Wildman–Crippen LogP) is 1.16. The molecule has 0 aliphatic carbocycles. The van der Waals surface area contributed by atoms with E-state index in [1.54, 1.807) is 12.4 Å². The monoisotopic (exact) mass is 190 g/mol. The zero-order chi connectivity index (χ0) is 9.97. The molecule has 0 aromatic carbocycles. The first-order valence-electron chi connectivity index (χ1n) is 4.72. The second kappa shape index (κ2) is 3.65. The van der Waals surface area contributed by atoms with Gasteiger partial charge in [-0.3, -0.25) is 10.4 Å². The van der Waals surface area contributed by atoms with Crippen LogP contribution in [-0.4, -0.2) is 35.5 Å². The number of nitrogens with one attached hydrogen (secondary N) is 1. The van der Waals surface area contributed by atoms with Crippen LogP contribution in [0.25, 0.3) is 0 Å². The van der Waals surface area contributed by atoms with Crippen LogP contribution in [0.5, 0.6) is 0 Å². The van der Waals surface area contributed by atoms with Crippen molar-refractivity contribution in [3.63, 3.8) is 0 Å². The summed E-state index contributed by atoms with van der Waals surface area (Å²) in [5.41, 5.74) is 1.18. The number of nitrogens with zero attached hydrogens (tertiary/aromatic N) is 3. The average molecular weight is 190 g/mol. The Morgan fingerprint density at radius 1 is 1.36 bits per heavy atom. The van der Waals surface area contributed by atoms with Gasteiger partial charge in [-0.05, 0) is 19.1 Å². The van der Waals surface area contributed by atoms with Crippen LogP contribution in [0.15, 0.2) is 24.5 Å². The molecule has 0 unspecified atom stereocenters. The SMILES string of the molecule is CC(=N)N1CCN(c2ccncc2)C1. The van der Waals surface area contributed by atoms with Crippen molar-refractivity contribution >= 4 is 11.5 Å². The minimum absolute atomic E-state index is 0.640. The Bertz CT molecular complexity index is 322. The topological polar surface area (TPSA) is 43.2 Å². The molecule has 0 saturated carbocycles. The lowest BCUT2D eigenvalue weighted by Gasteiger charge is -2.19. The van der Waals surface area contributed by atoms with Crippen molar-refractivity contribution < 1.29 is 0 Å². The first-order chi connectivity index (χ1) is 6.77. The van der Waals surface area contributed by atoms with Crippen molar-refractivity contribution in [2.45, 2.75) is 6.92 Å². The molecule has 2 rings (SSSR count). The second-order valence-corrected chi connectivity index (χ2v) is 3.46. The fourth-order valence-corrected chi connectivity index (χ4v) is 1.63. The number of rotatable bonds is 1. The first kappa shape index (κ1) is 8.99. The molecule has 0 amide bonds. The lowest BCUT2D eigenvalue weighted by molar-refractivity contribution is 0.516. The van der Waals surface area contributed by atoms with E-state index in [0.29, 0.717) is 5.84 Å². The molecule has 0 atom stereocenters. The third-order valence-electron chi connectivity index (χ3n) is 2.48. The Morgan fingerprint density at radius 3 is 2.64 bits per heavy atom. The van der Waals surface area contributed by atoms with Crippen LogP contribution in [0, 0.1) is 5.41 Å². The lowest BCUT2D eigenvalue weighted by atomic mass is 10.4. The minimum atomic E-state index is 0.640. The van der Waals surface area contributed by atoms with Gasteiger partial charge in [-0.15, -0.1) is 0 Å². The van der Waals surface area contributed by atoms with E-state index >= 15 is 0 Å². The molecule has 1 aliphatic rings. The highest BCUT2D eigenvalue weighted by Gasteiger charge is 2.19.